The van der Waals surface area contributed by atoms with Gasteiger partial charge in [0.25, 0.3) is 5.91 Å². The molecule has 2 aliphatic heterocycles. The van der Waals surface area contributed by atoms with Gasteiger partial charge in [-0.05, 0) is 31.5 Å². The van der Waals surface area contributed by atoms with Gasteiger partial charge in [-0.3, -0.25) is 14.4 Å². The van der Waals surface area contributed by atoms with Crippen LogP contribution in [0.3, 0.4) is 0 Å². The van der Waals surface area contributed by atoms with Crippen LogP contribution in [0.15, 0.2) is 29.3 Å². The third-order valence-corrected chi connectivity index (χ3v) is 5.48. The lowest BCUT2D eigenvalue weighted by atomic mass is 9.94. The highest BCUT2D eigenvalue weighted by Crippen LogP contribution is 2.34. The number of hydrogen-bond donors (Lipinski definition) is 2. The van der Waals surface area contributed by atoms with Gasteiger partial charge in [-0.15, -0.1) is 0 Å². The minimum Gasteiger partial charge on any atom is -0.497 e. The predicted octanol–water partition coefficient (Wildman–Crippen LogP) is 1.83. The molecule has 1 aromatic rings. The van der Waals surface area contributed by atoms with Gasteiger partial charge in [-0.25, -0.2) is 0 Å². The number of methoxy groups -OCH3 is 1. The van der Waals surface area contributed by atoms with E-state index in [4.69, 9.17) is 21.1 Å². The molecule has 0 saturated carbocycles. The van der Waals surface area contributed by atoms with Crippen LogP contribution in [0.5, 0.6) is 11.5 Å². The lowest BCUT2D eigenvalue weighted by Gasteiger charge is -2.32. The maximum atomic E-state index is 12.6. The fourth-order valence-corrected chi connectivity index (χ4v) is 3.65. The van der Waals surface area contributed by atoms with E-state index in [2.05, 4.69) is 10.6 Å². The quantitative estimate of drug-likeness (QED) is 0.735. The number of fused-ring (bicyclic) bond motifs is 1. The molecule has 2 N–H and O–H groups in total. The van der Waals surface area contributed by atoms with E-state index in [-0.39, 0.29) is 37.2 Å². The zero-order valence-electron chi connectivity index (χ0n) is 17.1. The summed E-state index contributed by atoms with van der Waals surface area (Å²) in [6, 6.07) is 5.09. The van der Waals surface area contributed by atoms with Crippen LogP contribution in [0.2, 0.25) is 0 Å². The third-order valence-electron chi connectivity index (χ3n) is 5.33. The van der Waals surface area contributed by atoms with Crippen molar-refractivity contribution in [2.24, 2.45) is 0 Å². The smallest absolute Gasteiger partial charge is 0.255 e. The van der Waals surface area contributed by atoms with Crippen LogP contribution >= 0.6 is 11.6 Å². The van der Waals surface area contributed by atoms with E-state index in [0.29, 0.717) is 48.0 Å². The molecule has 8 nitrogen and oxygen atoms in total. The van der Waals surface area contributed by atoms with Crippen LogP contribution in [-0.4, -0.2) is 61.5 Å². The topological polar surface area (TPSA) is 97.0 Å². The number of hydrogen-bond acceptors (Lipinski definition) is 5. The Labute approximate surface area is 180 Å². The van der Waals surface area contributed by atoms with Gasteiger partial charge >= 0.3 is 0 Å². The van der Waals surface area contributed by atoms with Crippen LogP contribution in [-0.2, 0) is 9.59 Å². The van der Waals surface area contributed by atoms with E-state index in [0.717, 1.165) is 0 Å². The van der Waals surface area contributed by atoms with Crippen molar-refractivity contribution >= 4 is 29.3 Å². The lowest BCUT2D eigenvalue weighted by Crippen LogP contribution is -2.46. The fraction of sp³-hybridized carbons (Fsp3) is 0.476. The Morgan fingerprint density at radius 1 is 1.40 bits per heavy atom. The first-order chi connectivity index (χ1) is 14.3. The molecule has 2 heterocycles. The number of rotatable bonds is 5. The first-order valence-electron chi connectivity index (χ1n) is 9.84. The summed E-state index contributed by atoms with van der Waals surface area (Å²) < 4.78 is 11.5. The molecule has 0 aliphatic carbocycles. The molecule has 1 saturated heterocycles. The van der Waals surface area contributed by atoms with E-state index in [9.17, 15) is 14.4 Å². The molecule has 9 heteroatoms. The standard InChI is InChI=1S/C21H26ClN3O5/c1-14(22)6-9-23-18(26)12-25-10-8-21(7-5-19(25)27)13-24-20(28)16-11-15(29-2)3-4-17(16)30-21/h3-4,6,11H,5,7-10,12-13H2,1-2H3,(H,23,26)(H,24,28). The van der Waals surface area contributed by atoms with Gasteiger partial charge in [0, 0.05) is 31.0 Å². The maximum absolute atomic E-state index is 12.6. The molecule has 0 bridgehead atoms. The number of nitrogens with one attached hydrogen (secondary N) is 2. The van der Waals surface area contributed by atoms with E-state index >= 15 is 0 Å². The first kappa shape index (κ1) is 22.0. The minimum atomic E-state index is -0.713. The van der Waals surface area contributed by atoms with E-state index in [1.54, 1.807) is 31.2 Å². The number of allylic oxidation sites excluding steroid dienone is 1. The highest BCUT2D eigenvalue weighted by atomic mass is 35.5. The normalized spacial score (nSPS) is 21.8. The van der Waals surface area contributed by atoms with Gasteiger partial charge in [0.1, 0.15) is 17.1 Å². The molecule has 1 unspecified atom stereocenters. The summed E-state index contributed by atoms with van der Waals surface area (Å²) >= 11 is 5.75. The summed E-state index contributed by atoms with van der Waals surface area (Å²) in [7, 11) is 1.54. The summed E-state index contributed by atoms with van der Waals surface area (Å²) in [5, 5.41) is 6.21. The average molecular weight is 436 g/mol. The Morgan fingerprint density at radius 2 is 2.20 bits per heavy atom. The molecular weight excluding hydrogens is 410 g/mol. The number of ether oxygens (including phenoxy) is 2. The average Bonchev–Trinajstić information content (AvgIpc) is 2.95. The van der Waals surface area contributed by atoms with Crippen molar-refractivity contribution in [2.75, 3.05) is 33.3 Å². The molecule has 3 amide bonds. The molecule has 30 heavy (non-hydrogen) atoms. The van der Waals surface area contributed by atoms with Crippen molar-refractivity contribution in [3.63, 3.8) is 0 Å². The third kappa shape index (κ3) is 5.24. The van der Waals surface area contributed by atoms with Gasteiger partial charge in [-0.1, -0.05) is 17.7 Å². The van der Waals surface area contributed by atoms with Crippen molar-refractivity contribution in [3.05, 3.63) is 34.9 Å². The SMILES string of the molecule is COc1ccc2c(c1)C(=O)NCC1(CCC(=O)N(CC(=O)NCC=C(C)Cl)CC1)O2. The van der Waals surface area contributed by atoms with Crippen molar-refractivity contribution in [1.82, 2.24) is 15.5 Å². The van der Waals surface area contributed by atoms with E-state index in [1.807, 2.05) is 0 Å². The summed E-state index contributed by atoms with van der Waals surface area (Å²) in [6.45, 7) is 2.67. The van der Waals surface area contributed by atoms with Gasteiger partial charge in [0.2, 0.25) is 11.8 Å². The fourth-order valence-electron chi connectivity index (χ4n) is 3.57. The number of halogens is 1. The van der Waals surface area contributed by atoms with Crippen LogP contribution in [0.25, 0.3) is 0 Å². The van der Waals surface area contributed by atoms with Crippen LogP contribution in [0, 0.1) is 0 Å². The highest BCUT2D eigenvalue weighted by molar-refractivity contribution is 6.29. The number of benzene rings is 1. The zero-order chi connectivity index (χ0) is 21.7. The molecule has 2 aliphatic rings. The van der Waals surface area contributed by atoms with Crippen molar-refractivity contribution in [3.8, 4) is 11.5 Å². The van der Waals surface area contributed by atoms with Crippen molar-refractivity contribution < 1.29 is 23.9 Å². The second-order valence-electron chi connectivity index (χ2n) is 7.49. The molecule has 162 valence electrons. The van der Waals surface area contributed by atoms with Gasteiger partial charge in [0.15, 0.2) is 0 Å². The monoisotopic (exact) mass is 435 g/mol. The molecule has 0 radical (unpaired) electrons. The Hall–Kier alpha value is -2.74. The second-order valence-corrected chi connectivity index (χ2v) is 8.09. The minimum absolute atomic E-state index is 0.0236. The van der Waals surface area contributed by atoms with Gasteiger partial charge in [-0.2, -0.15) is 0 Å². The molecule has 1 aromatic carbocycles. The lowest BCUT2D eigenvalue weighted by molar-refractivity contribution is -0.135. The van der Waals surface area contributed by atoms with E-state index in [1.165, 1.54) is 12.0 Å². The summed E-state index contributed by atoms with van der Waals surface area (Å²) in [6.07, 6.45) is 2.87. The Balaban J connectivity index is 1.69. The molecule has 1 fully saturated rings. The predicted molar refractivity (Wildman–Crippen MR) is 112 cm³/mol. The summed E-state index contributed by atoms with van der Waals surface area (Å²) in [5.41, 5.74) is -0.310. The molecule has 1 spiro atoms. The van der Waals surface area contributed by atoms with Crippen LogP contribution < -0.4 is 20.1 Å². The molecule has 1 atom stereocenters. The summed E-state index contributed by atoms with van der Waals surface area (Å²) in [5.74, 6) is 0.431. The highest BCUT2D eigenvalue weighted by Gasteiger charge is 2.40. The molecule has 3 rings (SSSR count). The van der Waals surface area contributed by atoms with Gasteiger partial charge < -0.3 is 25.0 Å². The number of amides is 3. The Bertz CT molecular complexity index is 868. The number of likely N-dealkylation sites (tertiary alicyclic amines) is 1. The number of nitrogens with zero attached hydrogens (tertiary/aromatic N) is 1. The number of carbonyl (C=O) groups excluding carboxylic acids is 3. The number of carbonyl (C=O) groups is 3. The Kier molecular flexibility index (Phi) is 6.87. The van der Waals surface area contributed by atoms with Crippen molar-refractivity contribution in [1.29, 1.82) is 0 Å². The Morgan fingerprint density at radius 3 is 2.93 bits per heavy atom. The largest absolute Gasteiger partial charge is 0.497 e. The zero-order valence-corrected chi connectivity index (χ0v) is 17.9. The first-order valence-corrected chi connectivity index (χ1v) is 10.2. The molecular formula is C21H26ClN3O5. The van der Waals surface area contributed by atoms with Gasteiger partial charge in [0.05, 0.1) is 25.8 Å². The summed E-state index contributed by atoms with van der Waals surface area (Å²) in [4.78, 5) is 38.8. The maximum Gasteiger partial charge on any atom is 0.255 e. The molecule has 0 aromatic heterocycles. The van der Waals surface area contributed by atoms with Crippen LogP contribution in [0.4, 0.5) is 0 Å². The second kappa shape index (κ2) is 9.38. The van der Waals surface area contributed by atoms with E-state index < -0.39 is 5.60 Å². The van der Waals surface area contributed by atoms with Crippen LogP contribution in [0.1, 0.15) is 36.5 Å². The van der Waals surface area contributed by atoms with Crippen molar-refractivity contribution in [2.45, 2.75) is 31.8 Å².